The molecule has 1 aliphatic carbocycles. The van der Waals surface area contributed by atoms with Gasteiger partial charge >= 0.3 is 0 Å². The van der Waals surface area contributed by atoms with Gasteiger partial charge in [-0.25, -0.2) is 0 Å². The number of morpholine rings is 1. The zero-order chi connectivity index (χ0) is 13.5. The molecule has 2 N–H and O–H groups in total. The summed E-state index contributed by atoms with van der Waals surface area (Å²) in [7, 11) is 0. The molecule has 1 saturated heterocycles. The molecule has 2 rings (SSSR count). The Balaban J connectivity index is 1.63. The van der Waals surface area contributed by atoms with Crippen molar-refractivity contribution in [3.63, 3.8) is 0 Å². The predicted octanol–water partition coefficient (Wildman–Crippen LogP) is 1.84. The summed E-state index contributed by atoms with van der Waals surface area (Å²) in [6.07, 6.45) is 8.06. The van der Waals surface area contributed by atoms with Crippen LogP contribution in [0, 0.1) is 5.92 Å². The van der Waals surface area contributed by atoms with E-state index in [0.717, 1.165) is 38.5 Å². The van der Waals surface area contributed by atoms with E-state index in [4.69, 9.17) is 4.74 Å². The largest absolute Gasteiger partial charge is 0.375 e. The molecule has 0 bridgehead atoms. The molecule has 110 valence electrons. The summed E-state index contributed by atoms with van der Waals surface area (Å²) < 4.78 is 5.56. The maximum atomic E-state index is 12.0. The summed E-state index contributed by atoms with van der Waals surface area (Å²) >= 11 is 0. The van der Waals surface area contributed by atoms with Crippen LogP contribution in [-0.2, 0) is 9.53 Å². The molecular weight excluding hydrogens is 240 g/mol. The molecule has 4 nitrogen and oxygen atoms in total. The first-order valence-electron chi connectivity index (χ1n) is 7.89. The van der Waals surface area contributed by atoms with Gasteiger partial charge in [0.2, 0.25) is 5.91 Å². The van der Waals surface area contributed by atoms with Crippen LogP contribution in [0.4, 0.5) is 0 Å². The lowest BCUT2D eigenvalue weighted by Gasteiger charge is -2.30. The molecule has 2 fully saturated rings. The summed E-state index contributed by atoms with van der Waals surface area (Å²) in [6, 6.07) is 0.400. The molecule has 1 heterocycles. The minimum atomic E-state index is 0.0604. The highest BCUT2D eigenvalue weighted by atomic mass is 16.5. The normalized spacial score (nSPS) is 31.9. The van der Waals surface area contributed by atoms with Crippen LogP contribution >= 0.6 is 0 Å². The zero-order valence-electron chi connectivity index (χ0n) is 12.1. The average molecular weight is 268 g/mol. The van der Waals surface area contributed by atoms with Gasteiger partial charge in [-0.05, 0) is 31.6 Å². The second-order valence-corrected chi connectivity index (χ2v) is 5.97. The molecule has 0 aromatic carbocycles. The van der Waals surface area contributed by atoms with E-state index < -0.39 is 0 Å². The Morgan fingerprint density at radius 1 is 1.32 bits per heavy atom. The monoisotopic (exact) mass is 268 g/mol. The van der Waals surface area contributed by atoms with E-state index in [0.29, 0.717) is 12.5 Å². The molecule has 1 unspecified atom stereocenters. The maximum Gasteiger partial charge on any atom is 0.222 e. The molecular formula is C15H28N2O2. The van der Waals surface area contributed by atoms with Crippen LogP contribution in [0.15, 0.2) is 0 Å². The van der Waals surface area contributed by atoms with Crippen LogP contribution in [0.2, 0.25) is 0 Å². The van der Waals surface area contributed by atoms with Gasteiger partial charge in [0, 0.05) is 19.1 Å². The molecule has 0 aromatic rings. The zero-order valence-corrected chi connectivity index (χ0v) is 12.1. The first-order valence-corrected chi connectivity index (χ1v) is 7.89. The molecule has 0 radical (unpaired) electrons. The third-order valence-corrected chi connectivity index (χ3v) is 4.33. The van der Waals surface area contributed by atoms with Gasteiger partial charge in [0.25, 0.3) is 0 Å². The number of nitrogens with one attached hydrogen (secondary N) is 2. The van der Waals surface area contributed by atoms with E-state index in [1.807, 2.05) is 0 Å². The van der Waals surface area contributed by atoms with Crippen LogP contribution in [-0.4, -0.2) is 37.7 Å². The van der Waals surface area contributed by atoms with Crippen molar-refractivity contribution in [3.05, 3.63) is 0 Å². The summed E-state index contributed by atoms with van der Waals surface area (Å²) in [5.41, 5.74) is 0. The minimum Gasteiger partial charge on any atom is -0.375 e. The second kappa shape index (κ2) is 7.85. The fourth-order valence-electron chi connectivity index (χ4n) is 3.25. The van der Waals surface area contributed by atoms with Crippen molar-refractivity contribution in [1.82, 2.24) is 10.6 Å². The third-order valence-electron chi connectivity index (χ3n) is 4.33. The van der Waals surface area contributed by atoms with Crippen molar-refractivity contribution < 1.29 is 9.53 Å². The summed E-state index contributed by atoms with van der Waals surface area (Å²) in [5.74, 6) is 1.05. The third kappa shape index (κ3) is 5.11. The van der Waals surface area contributed by atoms with Gasteiger partial charge in [-0.1, -0.05) is 19.8 Å². The molecule has 1 aliphatic heterocycles. The van der Waals surface area contributed by atoms with Crippen LogP contribution < -0.4 is 10.6 Å². The lowest BCUT2D eigenvalue weighted by atomic mass is 9.83. The fraction of sp³-hybridized carbons (Fsp3) is 0.933. The van der Waals surface area contributed by atoms with Crippen LogP contribution in [0.3, 0.4) is 0 Å². The topological polar surface area (TPSA) is 50.4 Å². The maximum absolute atomic E-state index is 12.0. The molecule has 2 aliphatic rings. The number of carbonyl (C=O) groups is 1. The molecule has 0 aromatic heterocycles. The number of hydrogen-bond donors (Lipinski definition) is 2. The Bertz CT molecular complexity index is 269. The van der Waals surface area contributed by atoms with E-state index in [2.05, 4.69) is 17.6 Å². The van der Waals surface area contributed by atoms with Crippen molar-refractivity contribution in [2.45, 2.75) is 64.0 Å². The van der Waals surface area contributed by atoms with Crippen LogP contribution in [0.25, 0.3) is 0 Å². The first kappa shape index (κ1) is 14.8. The SMILES string of the molecule is CCCC1CCC(NC(=O)CC2CNCCO2)CC1. The van der Waals surface area contributed by atoms with Gasteiger partial charge in [0.15, 0.2) is 0 Å². The molecule has 19 heavy (non-hydrogen) atoms. The molecule has 0 spiro atoms. The number of rotatable bonds is 5. The minimum absolute atomic E-state index is 0.0604. The summed E-state index contributed by atoms with van der Waals surface area (Å²) in [5, 5.41) is 6.44. The number of hydrogen-bond acceptors (Lipinski definition) is 3. The van der Waals surface area contributed by atoms with Crippen molar-refractivity contribution in [2.24, 2.45) is 5.92 Å². The second-order valence-electron chi connectivity index (χ2n) is 5.97. The lowest BCUT2D eigenvalue weighted by Crippen LogP contribution is -2.44. The quantitative estimate of drug-likeness (QED) is 0.800. The predicted molar refractivity (Wildman–Crippen MR) is 76.0 cm³/mol. The Hall–Kier alpha value is -0.610. The molecule has 4 heteroatoms. The Morgan fingerprint density at radius 3 is 2.74 bits per heavy atom. The van der Waals surface area contributed by atoms with Gasteiger partial charge in [0.1, 0.15) is 0 Å². The number of ether oxygens (including phenoxy) is 1. The highest BCUT2D eigenvalue weighted by Gasteiger charge is 2.23. The van der Waals surface area contributed by atoms with E-state index in [1.165, 1.54) is 25.7 Å². The smallest absolute Gasteiger partial charge is 0.222 e. The van der Waals surface area contributed by atoms with Gasteiger partial charge in [-0.2, -0.15) is 0 Å². The van der Waals surface area contributed by atoms with Crippen molar-refractivity contribution in [2.75, 3.05) is 19.7 Å². The molecule has 1 amide bonds. The molecule has 1 atom stereocenters. The van der Waals surface area contributed by atoms with Crippen molar-refractivity contribution >= 4 is 5.91 Å². The Labute approximate surface area is 116 Å². The Kier molecular flexibility index (Phi) is 6.11. The highest BCUT2D eigenvalue weighted by Crippen LogP contribution is 2.27. The van der Waals surface area contributed by atoms with E-state index >= 15 is 0 Å². The van der Waals surface area contributed by atoms with E-state index in [9.17, 15) is 4.79 Å². The number of amides is 1. The van der Waals surface area contributed by atoms with E-state index in [1.54, 1.807) is 0 Å². The van der Waals surface area contributed by atoms with Gasteiger partial charge in [0.05, 0.1) is 19.1 Å². The average Bonchev–Trinajstić information content (AvgIpc) is 2.42. The van der Waals surface area contributed by atoms with Gasteiger partial charge in [-0.15, -0.1) is 0 Å². The standard InChI is InChI=1S/C15H28N2O2/c1-2-3-12-4-6-13(7-5-12)17-15(18)10-14-11-16-8-9-19-14/h12-14,16H,2-11H2,1H3,(H,17,18). The van der Waals surface area contributed by atoms with Crippen molar-refractivity contribution in [1.29, 1.82) is 0 Å². The Morgan fingerprint density at radius 2 is 2.11 bits per heavy atom. The number of carbonyl (C=O) groups excluding carboxylic acids is 1. The summed E-state index contributed by atoms with van der Waals surface area (Å²) in [4.78, 5) is 12.0. The van der Waals surface area contributed by atoms with Gasteiger partial charge in [-0.3, -0.25) is 4.79 Å². The fourth-order valence-corrected chi connectivity index (χ4v) is 3.25. The molecule has 1 saturated carbocycles. The first-order chi connectivity index (χ1) is 9.28. The van der Waals surface area contributed by atoms with Gasteiger partial charge < -0.3 is 15.4 Å². The van der Waals surface area contributed by atoms with E-state index in [-0.39, 0.29) is 12.0 Å². The van der Waals surface area contributed by atoms with Crippen LogP contribution in [0.5, 0.6) is 0 Å². The lowest BCUT2D eigenvalue weighted by molar-refractivity contribution is -0.125. The van der Waals surface area contributed by atoms with Crippen LogP contribution in [0.1, 0.15) is 51.9 Å². The van der Waals surface area contributed by atoms with Crippen molar-refractivity contribution in [3.8, 4) is 0 Å². The summed E-state index contributed by atoms with van der Waals surface area (Å²) in [6.45, 7) is 4.68. The highest BCUT2D eigenvalue weighted by molar-refractivity contribution is 5.76.